The molecule has 0 bridgehead atoms. The van der Waals surface area contributed by atoms with Crippen LogP contribution in [0.3, 0.4) is 0 Å². The average molecular weight is 232 g/mol. The lowest BCUT2D eigenvalue weighted by Gasteiger charge is -2.14. The summed E-state index contributed by atoms with van der Waals surface area (Å²) < 4.78 is 0. The van der Waals surface area contributed by atoms with Crippen molar-refractivity contribution in [2.75, 3.05) is 5.33 Å². The van der Waals surface area contributed by atoms with Gasteiger partial charge in [0.2, 0.25) is 0 Å². The third kappa shape index (κ3) is 2.27. The van der Waals surface area contributed by atoms with Gasteiger partial charge in [-0.15, -0.1) is 0 Å². The van der Waals surface area contributed by atoms with Crippen LogP contribution in [0, 0.1) is 0 Å². The fourth-order valence-electron chi connectivity index (χ4n) is 0.867. The number of halogens is 1. The highest BCUT2D eigenvalue weighted by Gasteiger charge is 2.16. The maximum absolute atomic E-state index is 9.48. The molecule has 1 aromatic rings. The molecule has 12 heavy (non-hydrogen) atoms. The number of aromatic nitrogens is 1. The van der Waals surface area contributed by atoms with E-state index in [0.29, 0.717) is 10.9 Å². The zero-order valence-electron chi connectivity index (χ0n) is 6.39. The summed E-state index contributed by atoms with van der Waals surface area (Å²) in [5.41, 5.74) is 0.678. The van der Waals surface area contributed by atoms with Crippen molar-refractivity contribution in [1.29, 1.82) is 0 Å². The minimum Gasteiger partial charge on any atom is -0.389 e. The van der Waals surface area contributed by atoms with E-state index < -0.39 is 12.2 Å². The van der Waals surface area contributed by atoms with Gasteiger partial charge in [0, 0.05) is 17.7 Å². The van der Waals surface area contributed by atoms with E-state index in [0.717, 1.165) is 0 Å². The minimum atomic E-state index is -0.840. The molecule has 2 unspecified atom stereocenters. The molecule has 0 spiro atoms. The standard InChI is InChI=1S/C8H10BrNO2/c9-5-7(11)8(12)6-1-3-10-4-2-6/h1-4,7-8,11-12H,5H2. The third-order valence-corrected chi connectivity index (χ3v) is 2.23. The molecule has 66 valence electrons. The molecule has 2 N–H and O–H groups in total. The van der Waals surface area contributed by atoms with Gasteiger partial charge in [-0.3, -0.25) is 4.98 Å². The van der Waals surface area contributed by atoms with Crippen molar-refractivity contribution >= 4 is 15.9 Å². The predicted octanol–water partition coefficient (Wildman–Crippen LogP) is 0.871. The van der Waals surface area contributed by atoms with Gasteiger partial charge in [0.05, 0.1) is 6.10 Å². The summed E-state index contributed by atoms with van der Waals surface area (Å²) >= 11 is 3.09. The highest BCUT2D eigenvalue weighted by Crippen LogP contribution is 2.16. The van der Waals surface area contributed by atoms with Crippen molar-refractivity contribution in [3.8, 4) is 0 Å². The van der Waals surface area contributed by atoms with Crippen LogP contribution in [-0.4, -0.2) is 26.6 Å². The lowest BCUT2D eigenvalue weighted by atomic mass is 10.1. The summed E-state index contributed by atoms with van der Waals surface area (Å²) in [6.45, 7) is 0. The van der Waals surface area contributed by atoms with Crippen molar-refractivity contribution in [1.82, 2.24) is 4.98 Å². The second-order valence-corrected chi connectivity index (χ2v) is 3.09. The Hall–Kier alpha value is -0.450. The van der Waals surface area contributed by atoms with Crippen LogP contribution in [0.2, 0.25) is 0 Å². The number of hydrogen-bond acceptors (Lipinski definition) is 3. The van der Waals surface area contributed by atoms with Gasteiger partial charge in [-0.2, -0.15) is 0 Å². The SMILES string of the molecule is OC(CBr)C(O)c1ccncc1. The molecule has 0 amide bonds. The molecule has 4 heteroatoms. The maximum Gasteiger partial charge on any atom is 0.106 e. The number of alkyl halides is 1. The largest absolute Gasteiger partial charge is 0.389 e. The summed E-state index contributed by atoms with van der Waals surface area (Å²) in [6.07, 6.45) is 1.55. The van der Waals surface area contributed by atoms with E-state index in [-0.39, 0.29) is 0 Å². The molecular formula is C8H10BrNO2. The molecular weight excluding hydrogens is 222 g/mol. The van der Waals surface area contributed by atoms with Gasteiger partial charge < -0.3 is 10.2 Å². The van der Waals surface area contributed by atoms with Crippen LogP contribution < -0.4 is 0 Å². The monoisotopic (exact) mass is 231 g/mol. The number of aliphatic hydroxyl groups excluding tert-OH is 2. The number of nitrogens with zero attached hydrogens (tertiary/aromatic N) is 1. The van der Waals surface area contributed by atoms with E-state index >= 15 is 0 Å². The molecule has 1 rings (SSSR count). The Bertz CT molecular complexity index is 230. The Labute approximate surface area is 79.2 Å². The van der Waals surface area contributed by atoms with Crippen LogP contribution in [0.25, 0.3) is 0 Å². The number of aliphatic hydroxyl groups is 2. The molecule has 1 heterocycles. The van der Waals surface area contributed by atoms with Gasteiger partial charge in [0.25, 0.3) is 0 Å². The number of pyridine rings is 1. The first-order chi connectivity index (χ1) is 5.75. The summed E-state index contributed by atoms with van der Waals surface area (Å²) in [4.78, 5) is 3.81. The van der Waals surface area contributed by atoms with E-state index in [1.54, 1.807) is 24.5 Å². The normalized spacial score (nSPS) is 15.6. The maximum atomic E-state index is 9.48. The van der Waals surface area contributed by atoms with Crippen LogP contribution in [0.5, 0.6) is 0 Å². The Morgan fingerprint density at radius 2 is 1.92 bits per heavy atom. The molecule has 0 aliphatic heterocycles. The van der Waals surface area contributed by atoms with Gasteiger partial charge >= 0.3 is 0 Å². The zero-order chi connectivity index (χ0) is 8.97. The first-order valence-electron chi connectivity index (χ1n) is 3.57. The first-order valence-corrected chi connectivity index (χ1v) is 4.70. The molecule has 1 aromatic heterocycles. The molecule has 0 aliphatic rings. The molecule has 0 aromatic carbocycles. The number of rotatable bonds is 3. The zero-order valence-corrected chi connectivity index (χ0v) is 7.98. The second-order valence-electron chi connectivity index (χ2n) is 2.45. The van der Waals surface area contributed by atoms with Crippen LogP contribution in [0.4, 0.5) is 0 Å². The Morgan fingerprint density at radius 1 is 1.33 bits per heavy atom. The topological polar surface area (TPSA) is 53.4 Å². The lowest BCUT2D eigenvalue weighted by molar-refractivity contribution is 0.0342. The van der Waals surface area contributed by atoms with Crippen molar-refractivity contribution in [3.63, 3.8) is 0 Å². The Balaban J connectivity index is 2.71. The Morgan fingerprint density at radius 3 is 2.42 bits per heavy atom. The fraction of sp³-hybridized carbons (Fsp3) is 0.375. The van der Waals surface area contributed by atoms with Crippen molar-refractivity contribution in [2.45, 2.75) is 12.2 Å². The van der Waals surface area contributed by atoms with Crippen LogP contribution in [0.1, 0.15) is 11.7 Å². The highest BCUT2D eigenvalue weighted by molar-refractivity contribution is 9.09. The smallest absolute Gasteiger partial charge is 0.106 e. The van der Waals surface area contributed by atoms with Gasteiger partial charge in [0.15, 0.2) is 0 Å². The molecule has 0 radical (unpaired) electrons. The highest BCUT2D eigenvalue weighted by atomic mass is 79.9. The minimum absolute atomic E-state index is 0.358. The fourth-order valence-corrected chi connectivity index (χ4v) is 1.22. The van der Waals surface area contributed by atoms with Gasteiger partial charge in [-0.1, -0.05) is 15.9 Å². The molecule has 0 saturated carbocycles. The van der Waals surface area contributed by atoms with E-state index in [1.165, 1.54) is 0 Å². The van der Waals surface area contributed by atoms with Gasteiger partial charge in [0.1, 0.15) is 6.10 Å². The molecule has 3 nitrogen and oxygen atoms in total. The van der Waals surface area contributed by atoms with E-state index in [9.17, 15) is 10.2 Å². The molecule has 0 aliphatic carbocycles. The summed E-state index contributed by atoms with van der Waals surface area (Å²) in [5.74, 6) is 0. The number of hydrogen-bond donors (Lipinski definition) is 2. The lowest BCUT2D eigenvalue weighted by Crippen LogP contribution is -2.19. The van der Waals surface area contributed by atoms with Crippen LogP contribution in [-0.2, 0) is 0 Å². The quantitative estimate of drug-likeness (QED) is 0.760. The van der Waals surface area contributed by atoms with Crippen molar-refractivity contribution in [2.24, 2.45) is 0 Å². The molecule has 0 saturated heterocycles. The molecule has 2 atom stereocenters. The van der Waals surface area contributed by atoms with E-state index in [4.69, 9.17) is 0 Å². The van der Waals surface area contributed by atoms with Gasteiger partial charge in [-0.25, -0.2) is 0 Å². The van der Waals surface area contributed by atoms with Crippen LogP contribution >= 0.6 is 15.9 Å². The average Bonchev–Trinajstić information content (AvgIpc) is 2.17. The summed E-state index contributed by atoms with van der Waals surface area (Å²) in [5, 5.41) is 19.1. The van der Waals surface area contributed by atoms with Crippen molar-refractivity contribution in [3.05, 3.63) is 30.1 Å². The predicted molar refractivity (Wildman–Crippen MR) is 49.0 cm³/mol. The third-order valence-electron chi connectivity index (χ3n) is 1.57. The Kier molecular flexibility index (Phi) is 3.65. The van der Waals surface area contributed by atoms with E-state index in [1.807, 2.05) is 0 Å². The first kappa shape index (κ1) is 9.64. The van der Waals surface area contributed by atoms with E-state index in [2.05, 4.69) is 20.9 Å². The summed E-state index contributed by atoms with van der Waals surface area (Å²) in [7, 11) is 0. The van der Waals surface area contributed by atoms with Crippen molar-refractivity contribution < 1.29 is 10.2 Å². The van der Waals surface area contributed by atoms with Crippen LogP contribution in [0.15, 0.2) is 24.5 Å². The second kappa shape index (κ2) is 4.54. The summed E-state index contributed by atoms with van der Waals surface area (Å²) in [6, 6.07) is 3.35. The van der Waals surface area contributed by atoms with Gasteiger partial charge in [-0.05, 0) is 17.7 Å². The molecule has 0 fully saturated rings.